The van der Waals surface area contributed by atoms with Crippen molar-refractivity contribution in [2.45, 2.75) is 52.3 Å². The first kappa shape index (κ1) is 16.2. The molecule has 0 aromatic carbocycles. The van der Waals surface area contributed by atoms with E-state index >= 15 is 0 Å². The van der Waals surface area contributed by atoms with Crippen LogP contribution >= 0.6 is 0 Å². The number of amides is 1. The molecule has 0 saturated carbocycles. The Morgan fingerprint density at radius 1 is 1.24 bits per heavy atom. The zero-order chi connectivity index (χ0) is 13.7. The number of alkyl halides is 3. The minimum Gasteiger partial charge on any atom is -0.355 e. The summed E-state index contributed by atoms with van der Waals surface area (Å²) in [6.45, 7) is 5.74. The number of carbonyl (C=O) groups excluding carboxylic acids is 1. The Labute approximate surface area is 99.9 Å². The molecular weight excluding hydrogens is 233 g/mol. The third-order valence-electron chi connectivity index (χ3n) is 2.40. The Kier molecular flexibility index (Phi) is 5.95. The number of hydrogen-bond acceptors (Lipinski definition) is 2. The molecule has 0 saturated heterocycles. The van der Waals surface area contributed by atoms with E-state index in [0.717, 1.165) is 0 Å². The van der Waals surface area contributed by atoms with Crippen LogP contribution in [0.25, 0.3) is 0 Å². The quantitative estimate of drug-likeness (QED) is 0.739. The van der Waals surface area contributed by atoms with Crippen LogP contribution in [-0.4, -0.2) is 24.7 Å². The summed E-state index contributed by atoms with van der Waals surface area (Å²) >= 11 is 0. The van der Waals surface area contributed by atoms with Gasteiger partial charge in [-0.25, -0.2) is 0 Å². The van der Waals surface area contributed by atoms with Gasteiger partial charge in [-0.2, -0.15) is 13.2 Å². The maximum atomic E-state index is 11.8. The monoisotopic (exact) mass is 254 g/mol. The average Bonchev–Trinajstić information content (AvgIpc) is 2.12. The fraction of sp³-hybridized carbons (Fsp3) is 0.909. The lowest BCUT2D eigenvalue weighted by Crippen LogP contribution is -2.48. The molecule has 1 unspecified atom stereocenters. The SMILES string of the molecule is CC(C)(C)C(N)C(=O)NCCCCC(F)(F)F. The van der Waals surface area contributed by atoms with Gasteiger partial charge in [0.05, 0.1) is 6.04 Å². The minimum atomic E-state index is -4.12. The highest BCUT2D eigenvalue weighted by Crippen LogP contribution is 2.22. The molecule has 0 aromatic rings. The van der Waals surface area contributed by atoms with Crippen molar-refractivity contribution in [2.24, 2.45) is 11.1 Å². The van der Waals surface area contributed by atoms with E-state index in [1.165, 1.54) is 0 Å². The molecule has 0 heterocycles. The molecule has 1 amide bonds. The molecule has 0 rings (SSSR count). The maximum Gasteiger partial charge on any atom is 0.389 e. The maximum absolute atomic E-state index is 11.8. The number of carbonyl (C=O) groups is 1. The highest BCUT2D eigenvalue weighted by atomic mass is 19.4. The van der Waals surface area contributed by atoms with Crippen molar-refractivity contribution < 1.29 is 18.0 Å². The Morgan fingerprint density at radius 3 is 2.18 bits per heavy atom. The van der Waals surface area contributed by atoms with E-state index in [-0.39, 0.29) is 24.3 Å². The smallest absolute Gasteiger partial charge is 0.355 e. The van der Waals surface area contributed by atoms with Crippen LogP contribution in [0.1, 0.15) is 40.0 Å². The third kappa shape index (κ3) is 8.01. The van der Waals surface area contributed by atoms with Crippen molar-refractivity contribution in [1.82, 2.24) is 5.32 Å². The lowest BCUT2D eigenvalue weighted by molar-refractivity contribution is -0.135. The predicted octanol–water partition coefficient (Wildman–Crippen LogP) is 2.21. The van der Waals surface area contributed by atoms with Gasteiger partial charge in [0.1, 0.15) is 0 Å². The van der Waals surface area contributed by atoms with Crippen molar-refractivity contribution in [2.75, 3.05) is 6.54 Å². The molecule has 0 bridgehead atoms. The summed E-state index contributed by atoms with van der Waals surface area (Å²) in [6.07, 6.45) is -4.60. The molecule has 0 radical (unpaired) electrons. The molecule has 0 fully saturated rings. The molecule has 6 heteroatoms. The first-order valence-electron chi connectivity index (χ1n) is 5.64. The topological polar surface area (TPSA) is 55.1 Å². The summed E-state index contributed by atoms with van der Waals surface area (Å²) in [5.74, 6) is -0.315. The van der Waals surface area contributed by atoms with Gasteiger partial charge in [0.25, 0.3) is 0 Å². The van der Waals surface area contributed by atoms with E-state index in [1.807, 2.05) is 20.8 Å². The van der Waals surface area contributed by atoms with Crippen molar-refractivity contribution in [3.8, 4) is 0 Å². The second-order valence-corrected chi connectivity index (χ2v) is 5.21. The standard InChI is InChI=1S/C11H21F3N2O/c1-10(2,3)8(15)9(17)16-7-5-4-6-11(12,13)14/h8H,4-7,15H2,1-3H3,(H,16,17). The largest absolute Gasteiger partial charge is 0.389 e. The molecule has 1 atom stereocenters. The number of unbranched alkanes of at least 4 members (excludes halogenated alkanes) is 1. The van der Waals surface area contributed by atoms with Gasteiger partial charge in [-0.1, -0.05) is 20.8 Å². The van der Waals surface area contributed by atoms with Gasteiger partial charge in [0.2, 0.25) is 5.91 Å². The molecular formula is C11H21F3N2O. The van der Waals surface area contributed by atoms with E-state index in [9.17, 15) is 18.0 Å². The molecule has 102 valence electrons. The minimum absolute atomic E-state index is 0.0224. The first-order valence-corrected chi connectivity index (χ1v) is 5.64. The molecule has 0 aliphatic carbocycles. The average molecular weight is 254 g/mol. The second kappa shape index (κ2) is 6.23. The summed E-state index contributed by atoms with van der Waals surface area (Å²) in [7, 11) is 0. The van der Waals surface area contributed by atoms with E-state index in [2.05, 4.69) is 5.32 Å². The van der Waals surface area contributed by atoms with Gasteiger partial charge in [-0.05, 0) is 18.3 Å². The first-order chi connectivity index (χ1) is 7.54. The van der Waals surface area contributed by atoms with Crippen molar-refractivity contribution in [3.63, 3.8) is 0 Å². The molecule has 17 heavy (non-hydrogen) atoms. The summed E-state index contributed by atoms with van der Waals surface area (Å²) < 4.78 is 35.5. The predicted molar refractivity (Wildman–Crippen MR) is 60.3 cm³/mol. The Balaban J connectivity index is 3.73. The summed E-state index contributed by atoms with van der Waals surface area (Å²) in [5.41, 5.74) is 5.34. The lowest BCUT2D eigenvalue weighted by Gasteiger charge is -2.25. The highest BCUT2D eigenvalue weighted by molar-refractivity contribution is 5.82. The van der Waals surface area contributed by atoms with Crippen LogP contribution in [0.4, 0.5) is 13.2 Å². The molecule has 0 aliphatic heterocycles. The molecule has 0 aliphatic rings. The summed E-state index contributed by atoms with van der Waals surface area (Å²) in [5, 5.41) is 2.54. The van der Waals surface area contributed by atoms with Gasteiger partial charge in [-0.15, -0.1) is 0 Å². The van der Waals surface area contributed by atoms with Gasteiger partial charge in [0, 0.05) is 13.0 Å². The van der Waals surface area contributed by atoms with E-state index in [0.29, 0.717) is 6.42 Å². The van der Waals surface area contributed by atoms with Gasteiger partial charge in [0.15, 0.2) is 0 Å². The van der Waals surface area contributed by atoms with Gasteiger partial charge in [-0.3, -0.25) is 4.79 Å². The zero-order valence-corrected chi connectivity index (χ0v) is 10.5. The fourth-order valence-corrected chi connectivity index (χ4v) is 1.17. The van der Waals surface area contributed by atoms with Crippen LogP contribution in [0.15, 0.2) is 0 Å². The molecule has 0 aromatic heterocycles. The normalized spacial score (nSPS) is 14.5. The van der Waals surface area contributed by atoms with Crippen LogP contribution in [0.5, 0.6) is 0 Å². The second-order valence-electron chi connectivity index (χ2n) is 5.21. The number of halogens is 3. The fourth-order valence-electron chi connectivity index (χ4n) is 1.17. The number of hydrogen-bond donors (Lipinski definition) is 2. The Morgan fingerprint density at radius 2 is 1.76 bits per heavy atom. The number of rotatable bonds is 5. The van der Waals surface area contributed by atoms with Crippen molar-refractivity contribution in [1.29, 1.82) is 0 Å². The van der Waals surface area contributed by atoms with Crippen LogP contribution in [0.3, 0.4) is 0 Å². The van der Waals surface area contributed by atoms with E-state index in [4.69, 9.17) is 5.73 Å². The van der Waals surface area contributed by atoms with Crippen LogP contribution in [-0.2, 0) is 4.79 Å². The zero-order valence-electron chi connectivity index (χ0n) is 10.5. The Hall–Kier alpha value is -0.780. The van der Waals surface area contributed by atoms with Crippen LogP contribution < -0.4 is 11.1 Å². The summed E-state index contributed by atoms with van der Waals surface area (Å²) in [4.78, 5) is 11.5. The molecule has 3 nitrogen and oxygen atoms in total. The third-order valence-corrected chi connectivity index (χ3v) is 2.40. The number of nitrogens with two attached hydrogens (primary N) is 1. The van der Waals surface area contributed by atoms with Gasteiger partial charge >= 0.3 is 6.18 Å². The number of nitrogens with one attached hydrogen (secondary N) is 1. The molecule has 0 spiro atoms. The van der Waals surface area contributed by atoms with Crippen LogP contribution in [0, 0.1) is 5.41 Å². The lowest BCUT2D eigenvalue weighted by atomic mass is 9.87. The highest BCUT2D eigenvalue weighted by Gasteiger charge is 2.28. The van der Waals surface area contributed by atoms with Crippen molar-refractivity contribution in [3.05, 3.63) is 0 Å². The molecule has 3 N–H and O–H groups in total. The van der Waals surface area contributed by atoms with Crippen LogP contribution in [0.2, 0.25) is 0 Å². The van der Waals surface area contributed by atoms with E-state index in [1.54, 1.807) is 0 Å². The summed E-state index contributed by atoms with van der Waals surface area (Å²) in [6, 6.07) is -0.648. The van der Waals surface area contributed by atoms with Crippen molar-refractivity contribution >= 4 is 5.91 Å². The van der Waals surface area contributed by atoms with E-state index < -0.39 is 18.6 Å². The Bertz CT molecular complexity index is 246. The van der Waals surface area contributed by atoms with Gasteiger partial charge < -0.3 is 11.1 Å².